The van der Waals surface area contributed by atoms with Gasteiger partial charge in [0, 0.05) is 17.5 Å². The Morgan fingerprint density at radius 1 is 0.732 bits per heavy atom. The Bertz CT molecular complexity index is 4800. The monoisotopic (exact) mass is 1870 g/mol. The van der Waals surface area contributed by atoms with Crippen molar-refractivity contribution in [3.8, 4) is 11.5 Å². The molecule has 0 saturated carbocycles. The Morgan fingerprint density at radius 3 is 1.96 bits per heavy atom. The minimum absolute atomic E-state index is 0.0000209. The number of carbonyl (C=O) groups is 5. The second kappa shape index (κ2) is 31.3. The Kier molecular flexibility index (Phi) is 23.6. The fraction of sp³-hybridized carbons (Fsp3) is 0.0980. The number of fused-ring (bicyclic) bond motifs is 2. The Hall–Kier alpha value is -7.98. The summed E-state index contributed by atoms with van der Waals surface area (Å²) in [6.07, 6.45) is 0.679. The van der Waals surface area contributed by atoms with E-state index in [1.807, 2.05) is 37.2 Å². The Labute approximate surface area is 591 Å². The van der Waals surface area contributed by atoms with E-state index >= 15 is 0 Å². The Morgan fingerprint density at radius 2 is 1.36 bits per heavy atom. The first kappa shape index (κ1) is 73.3. The van der Waals surface area contributed by atoms with Crippen molar-refractivity contribution in [2.75, 3.05) is 24.5 Å². The summed E-state index contributed by atoms with van der Waals surface area (Å²) in [6, 6.07) is 13.6. The van der Waals surface area contributed by atoms with Crippen LogP contribution in [0.15, 0.2) is 136 Å². The van der Waals surface area contributed by atoms with Crippen molar-refractivity contribution in [2.45, 2.75) is 46.1 Å². The number of phenols is 1. The quantitative estimate of drug-likeness (QED) is 0.00489. The molecule has 2 heterocycles. The van der Waals surface area contributed by atoms with E-state index in [9.17, 15) is 85.8 Å². The fourth-order valence-corrected chi connectivity index (χ4v) is 16.4. The van der Waals surface area contributed by atoms with Crippen LogP contribution >= 0.6 is 61.3 Å². The molecule has 0 bridgehead atoms. The molecular formula is C51H40I4N14O24S4-2. The summed E-state index contributed by atoms with van der Waals surface area (Å²) in [5.41, 5.74) is 2.75. The summed E-state index contributed by atoms with van der Waals surface area (Å²) in [5.74, 6) is -9.74. The average Bonchev–Trinajstić information content (AvgIpc) is 0.755. The number of carboxylic acids is 5. The first-order valence-electron chi connectivity index (χ1n) is 25.9. The van der Waals surface area contributed by atoms with Gasteiger partial charge < -0.3 is 26.1 Å². The molecule has 0 radical (unpaired) electrons. The third-order valence-corrected chi connectivity index (χ3v) is 21.5. The van der Waals surface area contributed by atoms with Crippen molar-refractivity contribution in [3.63, 3.8) is 0 Å². The molecule has 0 fully saturated rings. The molecule has 6 aromatic carbocycles. The Balaban J connectivity index is 1.03. The number of nitrogens with one attached hydrogen (secondary N) is 6. The molecule has 2 unspecified atom stereocenters. The van der Waals surface area contributed by atoms with Crippen LogP contribution in [0.5, 0.6) is 11.5 Å². The topological polar surface area (TPSA) is 566 Å². The predicted octanol–water partition coefficient (Wildman–Crippen LogP) is 3.12. The molecule has 1 aromatic heterocycles. The first-order chi connectivity index (χ1) is 46.0. The summed E-state index contributed by atoms with van der Waals surface area (Å²) in [7, 11) is -10.0. The van der Waals surface area contributed by atoms with Gasteiger partial charge in [0.05, 0.1) is 39.0 Å². The van der Waals surface area contributed by atoms with Crippen LogP contribution < -0.4 is 73.4 Å². The number of azo groups is 1. The van der Waals surface area contributed by atoms with Gasteiger partial charge in [-0.3, -0.25) is 14.8 Å². The van der Waals surface area contributed by atoms with Crippen molar-refractivity contribution in [2.24, 2.45) is 26.1 Å². The number of halogens is 4. The van der Waals surface area contributed by atoms with E-state index in [-0.39, 0.29) is 142 Å². The van der Waals surface area contributed by atoms with Crippen molar-refractivity contribution in [1.82, 2.24) is 25.7 Å². The number of hydrazine groups is 1. The summed E-state index contributed by atoms with van der Waals surface area (Å²) < 4.78 is 89.3. The number of aromatic hydroxyl groups is 1. The molecule has 2 atom stereocenters. The van der Waals surface area contributed by atoms with Crippen molar-refractivity contribution in [1.29, 1.82) is 0 Å². The number of aliphatic imine (C=N–C) groups is 2. The van der Waals surface area contributed by atoms with E-state index in [0.29, 0.717) is 12.0 Å². The maximum atomic E-state index is 13.1. The normalized spacial score (nSPS) is 14.8. The number of rotatable bonds is 28. The number of aromatic nitrogens is 3. The van der Waals surface area contributed by atoms with Gasteiger partial charge in [-0.25, -0.2) is 10.1 Å². The molecule has 2 aliphatic rings. The number of hydrogen-bond donors (Lipinski definition) is 16. The molecule has 0 saturated heterocycles. The van der Waals surface area contributed by atoms with Gasteiger partial charge in [-0.05, 0) is 36.6 Å². The molecular weight excluding hydrogens is 1830 g/mol. The van der Waals surface area contributed by atoms with E-state index in [1.165, 1.54) is 44.2 Å². The van der Waals surface area contributed by atoms with Crippen LogP contribution in [0.2, 0.25) is 0 Å². The van der Waals surface area contributed by atoms with E-state index < -0.39 is 124 Å². The van der Waals surface area contributed by atoms with Crippen LogP contribution in [0, 0.1) is 12.8 Å². The van der Waals surface area contributed by atoms with Gasteiger partial charge in [-0.15, -0.1) is 4.33 Å². The standard InChI is InChI=1S/C51H40I4N14O24S4/c1-18-56-48(63-49(57-18)62-33-16-29(96(83,84)85)11-20-13-35(94-92-90-81)39(41(70)37(20)33)67-65-27-7-22(43(71)72)5-23(8-27)44(73)74)60-26-3-4-32(31(15-26)47(79)80)61-50-58-19(2)59-51(64-50)69(54-52)34-17-30(97(86,87)88)12-21-14-36(95-93-91-82)40(42(38(21)34)89-55-53)68-66-28-9-24(45(75)76)6-25(10-28)46(77)78/h3-7,9-17,23,50,61,65,67,70,81-82H,8H2,1-2H3,(H,71,72)(H,73,74)(H,75,76)(H,77,78)(H,79,80)(H,58,59,64)(H,83,84,85)(H,86,87,88)(H2,56,57,60,62,63)/q-2. The zero-order valence-electron chi connectivity index (χ0n) is 47.9. The zero-order valence-corrected chi connectivity index (χ0v) is 59.8. The number of anilines is 7. The molecule has 97 heavy (non-hydrogen) atoms. The van der Waals surface area contributed by atoms with Crippen molar-refractivity contribution in [3.05, 3.63) is 119 Å². The second-order valence-electron chi connectivity index (χ2n) is 19.4. The fourth-order valence-electron chi connectivity index (χ4n) is 9.17. The van der Waals surface area contributed by atoms with Gasteiger partial charge in [0.1, 0.15) is 11.5 Å². The van der Waals surface area contributed by atoms with Gasteiger partial charge in [0.2, 0.25) is 5.95 Å². The maximum absolute atomic E-state index is 13.1. The number of guanidine groups is 1. The molecule has 46 heteroatoms. The number of hydrogen-bond acceptors (Lipinski definition) is 33. The molecule has 7 aromatic rings. The summed E-state index contributed by atoms with van der Waals surface area (Å²) in [6.45, 7) is 2.94. The second-order valence-corrected chi connectivity index (χ2v) is 30.5. The van der Waals surface area contributed by atoms with E-state index in [2.05, 4.69) is 81.7 Å². The van der Waals surface area contributed by atoms with Gasteiger partial charge in [0.15, 0.2) is 5.75 Å². The molecule has 0 spiro atoms. The van der Waals surface area contributed by atoms with Gasteiger partial charge >= 0.3 is 391 Å². The SMILES string of the molecule is CC1=NC(Nc2ccc(Nc3nc(C)nc(Nc4cc(S(=O)(=O)O)cc5cc(SOOO)c(NNC6=CC(C(=O)O)=CC(C(=O)O)C6)c(O)c45)n3)cc2C(=O)O)NC(N([I-]I)c2cc(S(=O)(=O)O)cc3cc(SOOO)c(N=Nc4cc(C(=O)O)cc(C(=O)O)c4)c(O[I-]I)c23)=N1. The summed E-state index contributed by atoms with van der Waals surface area (Å²) in [5, 5.41) is 107. The number of carboxylic acid groups (broad SMARTS) is 5. The van der Waals surface area contributed by atoms with E-state index in [1.54, 1.807) is 3.11 Å². The number of aryl methyl sites for hydroxylation is 1. The zero-order chi connectivity index (χ0) is 70.4. The van der Waals surface area contributed by atoms with Gasteiger partial charge in [-0.2, -0.15) is 13.4 Å². The van der Waals surface area contributed by atoms with Crippen LogP contribution in [-0.2, 0) is 48.6 Å². The van der Waals surface area contributed by atoms with Crippen molar-refractivity contribution >= 4 is 196 Å². The number of phenolic OH excluding ortho intramolecular Hbond substituents is 1. The first-order valence-corrected chi connectivity index (χ1v) is 44.7. The van der Waals surface area contributed by atoms with Crippen LogP contribution in [0.4, 0.5) is 51.7 Å². The molecule has 9 rings (SSSR count). The molecule has 0 amide bonds. The molecule has 16 N–H and O–H groups in total. The predicted molar refractivity (Wildman–Crippen MR) is 348 cm³/mol. The summed E-state index contributed by atoms with van der Waals surface area (Å²) in [4.78, 5) is 81.2. The third kappa shape index (κ3) is 17.7. The number of aliphatic carboxylic acids is 2. The van der Waals surface area contributed by atoms with Gasteiger partial charge in [-0.1, -0.05) is 11.1 Å². The minimum atomic E-state index is -5.02. The molecule has 1 aliphatic carbocycles. The number of aromatic carboxylic acids is 3. The van der Waals surface area contributed by atoms with Crippen LogP contribution in [0.1, 0.15) is 50.2 Å². The molecule has 38 nitrogen and oxygen atoms in total. The average molecular weight is 1870 g/mol. The number of benzene rings is 6. The van der Waals surface area contributed by atoms with Crippen LogP contribution in [-0.4, -0.2) is 130 Å². The van der Waals surface area contributed by atoms with E-state index in [4.69, 9.17) is 12.7 Å². The van der Waals surface area contributed by atoms with Gasteiger partial charge in [0.25, 0.3) is 10.1 Å². The third-order valence-electron chi connectivity index (χ3n) is 13.1. The molecule has 1 aliphatic heterocycles. The van der Waals surface area contributed by atoms with Crippen LogP contribution in [0.3, 0.4) is 0 Å². The number of amidine groups is 1. The number of allylic oxidation sites excluding steroid dienone is 1. The molecule has 512 valence electrons. The van der Waals surface area contributed by atoms with Crippen molar-refractivity contribution < 1.29 is 148 Å². The number of nitrogens with zero attached hydrogens (tertiary/aromatic N) is 8. The van der Waals surface area contributed by atoms with Crippen LogP contribution in [0.25, 0.3) is 21.5 Å². The summed E-state index contributed by atoms with van der Waals surface area (Å²) >= 11 is 1.98. The van der Waals surface area contributed by atoms with E-state index in [0.717, 1.165) is 54.6 Å².